The van der Waals surface area contributed by atoms with E-state index in [0.717, 1.165) is 67.0 Å². The van der Waals surface area contributed by atoms with Crippen molar-refractivity contribution in [3.63, 3.8) is 0 Å². The lowest BCUT2D eigenvalue weighted by atomic mass is 10.1. The number of carbonyl (C=O) groups is 1. The van der Waals surface area contributed by atoms with Gasteiger partial charge in [-0.2, -0.15) is 5.10 Å². The van der Waals surface area contributed by atoms with Crippen LogP contribution < -0.4 is 0 Å². The monoisotopic (exact) mass is 443 g/mol. The Morgan fingerprint density at radius 3 is 2.87 bits per heavy atom. The molecule has 1 aliphatic carbocycles. The van der Waals surface area contributed by atoms with Crippen LogP contribution in [0.15, 0.2) is 35.7 Å². The lowest BCUT2D eigenvalue weighted by Crippen LogP contribution is -2.37. The second-order valence-corrected chi connectivity index (χ2v) is 9.07. The lowest BCUT2D eigenvalue weighted by Gasteiger charge is -2.24. The Morgan fingerprint density at radius 1 is 1.23 bits per heavy atom. The quantitative estimate of drug-likeness (QED) is 0.563. The van der Waals surface area contributed by atoms with Gasteiger partial charge in [-0.3, -0.25) is 4.79 Å². The van der Waals surface area contributed by atoms with Gasteiger partial charge in [0, 0.05) is 35.4 Å². The molecule has 1 fully saturated rings. The molecule has 162 valence electrons. The highest BCUT2D eigenvalue weighted by atomic mass is 32.1. The number of carbonyl (C=O) groups excluding carboxylic acids is 1. The molecule has 1 aliphatic heterocycles. The highest BCUT2D eigenvalue weighted by molar-refractivity contribution is 7.09. The summed E-state index contributed by atoms with van der Waals surface area (Å²) in [6.45, 7) is 1.75. The van der Waals surface area contributed by atoms with Gasteiger partial charge in [0.25, 0.3) is 5.91 Å². The van der Waals surface area contributed by atoms with Gasteiger partial charge in [0.05, 0.1) is 18.3 Å². The van der Waals surface area contributed by atoms with E-state index in [4.69, 9.17) is 4.74 Å². The molecule has 1 saturated heterocycles. The molecule has 2 aliphatic rings. The fraction of sp³-hybridized carbons (Fsp3) is 0.391. The van der Waals surface area contributed by atoms with E-state index < -0.39 is 11.6 Å². The van der Waals surface area contributed by atoms with Gasteiger partial charge >= 0.3 is 0 Å². The third kappa shape index (κ3) is 4.02. The zero-order chi connectivity index (χ0) is 21.4. The maximum Gasteiger partial charge on any atom is 0.275 e. The molecule has 0 saturated carbocycles. The van der Waals surface area contributed by atoms with Gasteiger partial charge in [0.2, 0.25) is 0 Å². The first-order valence-corrected chi connectivity index (χ1v) is 11.5. The normalized spacial score (nSPS) is 17.8. The van der Waals surface area contributed by atoms with Crippen LogP contribution in [-0.4, -0.2) is 39.8 Å². The number of ether oxygens (including phenoxy) is 1. The van der Waals surface area contributed by atoms with Crippen molar-refractivity contribution in [1.82, 2.24) is 14.7 Å². The smallest absolute Gasteiger partial charge is 0.275 e. The standard InChI is InChI=1S/C23H23F2N3O2S/c24-19-9-8-15(12-20(19)25)28-21-7-1-6-18(21)22(26-28)23(29)27(13-16-4-2-10-30-16)14-17-5-3-11-31-17/h3,5,8-9,11-12,16H,1-2,4,6-7,10,13-14H2. The second kappa shape index (κ2) is 8.51. The van der Waals surface area contributed by atoms with Crippen molar-refractivity contribution in [3.8, 4) is 5.69 Å². The van der Waals surface area contributed by atoms with E-state index in [1.54, 1.807) is 16.0 Å². The van der Waals surface area contributed by atoms with Crippen LogP contribution >= 0.6 is 11.3 Å². The predicted molar refractivity (Wildman–Crippen MR) is 114 cm³/mol. The van der Waals surface area contributed by atoms with Gasteiger partial charge in [0.1, 0.15) is 0 Å². The Balaban J connectivity index is 1.49. The molecule has 5 rings (SSSR count). The highest BCUT2D eigenvalue weighted by Crippen LogP contribution is 2.30. The summed E-state index contributed by atoms with van der Waals surface area (Å²) in [5.41, 5.74) is 2.66. The molecule has 3 heterocycles. The van der Waals surface area contributed by atoms with Crippen molar-refractivity contribution in [1.29, 1.82) is 0 Å². The molecule has 1 atom stereocenters. The number of thiophene rings is 1. The number of halogens is 2. The van der Waals surface area contributed by atoms with E-state index in [1.807, 2.05) is 22.4 Å². The first-order chi connectivity index (χ1) is 15.1. The van der Waals surface area contributed by atoms with E-state index in [-0.39, 0.29) is 12.0 Å². The van der Waals surface area contributed by atoms with Gasteiger partial charge in [-0.15, -0.1) is 11.3 Å². The molecule has 1 amide bonds. The van der Waals surface area contributed by atoms with Crippen molar-refractivity contribution >= 4 is 17.2 Å². The second-order valence-electron chi connectivity index (χ2n) is 8.04. The fourth-order valence-electron chi connectivity index (χ4n) is 4.43. The number of nitrogens with zero attached hydrogens (tertiary/aromatic N) is 3. The Kier molecular flexibility index (Phi) is 5.58. The average Bonchev–Trinajstić information content (AvgIpc) is 3.55. The van der Waals surface area contributed by atoms with Gasteiger partial charge in [-0.1, -0.05) is 6.07 Å². The lowest BCUT2D eigenvalue weighted by molar-refractivity contribution is 0.0504. The van der Waals surface area contributed by atoms with Crippen LogP contribution in [-0.2, 0) is 24.1 Å². The number of hydrogen-bond acceptors (Lipinski definition) is 4. The first kappa shape index (κ1) is 20.3. The maximum atomic E-state index is 13.8. The molecule has 3 aromatic rings. The molecule has 0 spiro atoms. The van der Waals surface area contributed by atoms with E-state index in [9.17, 15) is 13.6 Å². The molecular formula is C23H23F2N3O2S. The van der Waals surface area contributed by atoms with Crippen LogP contribution in [0.25, 0.3) is 5.69 Å². The van der Waals surface area contributed by atoms with Crippen LogP contribution in [0.4, 0.5) is 8.78 Å². The Morgan fingerprint density at radius 2 is 2.13 bits per heavy atom. The van der Waals surface area contributed by atoms with Crippen LogP contribution in [0.2, 0.25) is 0 Å². The summed E-state index contributed by atoms with van der Waals surface area (Å²) in [5.74, 6) is -1.96. The van der Waals surface area contributed by atoms with Crippen LogP contribution in [0.5, 0.6) is 0 Å². The van der Waals surface area contributed by atoms with Crippen molar-refractivity contribution in [2.45, 2.75) is 44.8 Å². The zero-order valence-corrected chi connectivity index (χ0v) is 17.8. The van der Waals surface area contributed by atoms with Crippen LogP contribution in [0.1, 0.15) is 45.9 Å². The molecule has 8 heteroatoms. The van der Waals surface area contributed by atoms with E-state index in [2.05, 4.69) is 5.10 Å². The zero-order valence-electron chi connectivity index (χ0n) is 17.0. The molecule has 0 N–H and O–H groups in total. The van der Waals surface area contributed by atoms with Gasteiger partial charge in [-0.25, -0.2) is 13.5 Å². The number of amides is 1. The summed E-state index contributed by atoms with van der Waals surface area (Å²) in [7, 11) is 0. The van der Waals surface area contributed by atoms with Gasteiger partial charge in [-0.05, 0) is 55.7 Å². The average molecular weight is 444 g/mol. The van der Waals surface area contributed by atoms with Crippen molar-refractivity contribution < 1.29 is 18.3 Å². The molecule has 0 radical (unpaired) electrons. The van der Waals surface area contributed by atoms with Crippen LogP contribution in [0, 0.1) is 11.6 Å². The summed E-state index contributed by atoms with van der Waals surface area (Å²) in [6.07, 6.45) is 4.40. The van der Waals surface area contributed by atoms with E-state index >= 15 is 0 Å². The Bertz CT molecular complexity index is 1090. The minimum absolute atomic E-state index is 0.0326. The topological polar surface area (TPSA) is 47.4 Å². The summed E-state index contributed by atoms with van der Waals surface area (Å²) >= 11 is 1.61. The van der Waals surface area contributed by atoms with Crippen LogP contribution in [0.3, 0.4) is 0 Å². The minimum atomic E-state index is -0.926. The van der Waals surface area contributed by atoms with Gasteiger partial charge in [0.15, 0.2) is 17.3 Å². The summed E-state index contributed by atoms with van der Waals surface area (Å²) in [5, 5.41) is 6.60. The molecule has 1 aromatic carbocycles. The Labute approximate surface area is 183 Å². The minimum Gasteiger partial charge on any atom is -0.376 e. The number of aromatic nitrogens is 2. The first-order valence-electron chi connectivity index (χ1n) is 10.6. The number of hydrogen-bond donors (Lipinski definition) is 0. The van der Waals surface area contributed by atoms with Crippen molar-refractivity contribution in [2.75, 3.05) is 13.2 Å². The third-order valence-corrected chi connectivity index (χ3v) is 6.80. The highest BCUT2D eigenvalue weighted by Gasteiger charge is 2.31. The van der Waals surface area contributed by atoms with E-state index in [0.29, 0.717) is 24.5 Å². The van der Waals surface area contributed by atoms with E-state index in [1.165, 1.54) is 6.07 Å². The molecule has 2 aromatic heterocycles. The number of fused-ring (bicyclic) bond motifs is 1. The Hall–Kier alpha value is -2.58. The predicted octanol–water partition coefficient (Wildman–Crippen LogP) is 4.52. The van der Waals surface area contributed by atoms with Crippen molar-refractivity contribution in [2.24, 2.45) is 0 Å². The molecule has 31 heavy (non-hydrogen) atoms. The molecular weight excluding hydrogens is 420 g/mol. The molecule has 5 nitrogen and oxygen atoms in total. The fourth-order valence-corrected chi connectivity index (χ4v) is 5.15. The number of rotatable bonds is 6. The van der Waals surface area contributed by atoms with Crippen molar-refractivity contribution in [3.05, 3.63) is 69.2 Å². The summed E-state index contributed by atoms with van der Waals surface area (Å²) < 4.78 is 34.7. The SMILES string of the molecule is O=C(c1nn(-c2ccc(F)c(F)c2)c2c1CCC2)N(Cc1cccs1)CC1CCCO1. The number of benzene rings is 1. The third-order valence-electron chi connectivity index (χ3n) is 5.94. The largest absolute Gasteiger partial charge is 0.376 e. The maximum absolute atomic E-state index is 13.8. The molecule has 0 bridgehead atoms. The molecule has 1 unspecified atom stereocenters. The van der Waals surface area contributed by atoms with Gasteiger partial charge < -0.3 is 9.64 Å². The summed E-state index contributed by atoms with van der Waals surface area (Å²) in [6, 6.07) is 7.71. The summed E-state index contributed by atoms with van der Waals surface area (Å²) in [4.78, 5) is 16.6.